The molecule has 3 saturated heterocycles. The van der Waals surface area contributed by atoms with Crippen molar-refractivity contribution in [2.45, 2.75) is 97.3 Å². The number of thiazole rings is 1. The molecule has 0 radical (unpaired) electrons. The summed E-state index contributed by atoms with van der Waals surface area (Å²) < 4.78 is 41.4. The zero-order chi connectivity index (χ0) is 54.9. The highest BCUT2D eigenvalue weighted by Gasteiger charge is 2.51. The van der Waals surface area contributed by atoms with E-state index >= 15 is 0 Å². The van der Waals surface area contributed by atoms with Gasteiger partial charge in [0, 0.05) is 75.1 Å². The highest BCUT2D eigenvalue weighted by Crippen LogP contribution is 2.40. The highest BCUT2D eigenvalue weighted by molar-refractivity contribution is 7.81. The fourth-order valence-electron chi connectivity index (χ4n) is 9.65. The van der Waals surface area contributed by atoms with Crippen molar-refractivity contribution >= 4 is 69.5 Å². The summed E-state index contributed by atoms with van der Waals surface area (Å²) in [6.07, 6.45) is -3.74. The number of nitrogens with one attached hydrogen (secondary N) is 2. The van der Waals surface area contributed by atoms with Gasteiger partial charge in [-0.3, -0.25) is 29.0 Å². The predicted octanol–water partition coefficient (Wildman–Crippen LogP) is 7.60. The van der Waals surface area contributed by atoms with Crippen molar-refractivity contribution in [2.75, 3.05) is 54.0 Å². The van der Waals surface area contributed by atoms with Gasteiger partial charge in [0.15, 0.2) is 5.11 Å². The highest BCUT2D eigenvalue weighted by atomic mass is 32.1. The minimum absolute atomic E-state index is 0.00605. The van der Waals surface area contributed by atoms with Crippen LogP contribution in [0.5, 0.6) is 0 Å². The van der Waals surface area contributed by atoms with Gasteiger partial charge in [0.05, 0.1) is 51.1 Å². The number of aliphatic hydroxyl groups excluding tert-OH is 1. The van der Waals surface area contributed by atoms with E-state index in [1.165, 1.54) is 11.0 Å². The van der Waals surface area contributed by atoms with Gasteiger partial charge in [-0.1, -0.05) is 56.9 Å². The van der Waals surface area contributed by atoms with E-state index in [0.29, 0.717) is 49.5 Å². The zero-order valence-electron chi connectivity index (χ0n) is 43.2. The molecule has 3 aromatic carbocycles. The molecule has 20 heteroatoms. The molecule has 5 aromatic rings. The summed E-state index contributed by atoms with van der Waals surface area (Å²) in [7, 11) is 0. The molecule has 0 aliphatic carbocycles. The van der Waals surface area contributed by atoms with Crippen LogP contribution in [0.1, 0.15) is 93.9 Å². The number of β-amino-alcohol motifs (C(OH)–C–C–N with tert-alkyl or cyclic N) is 1. The number of hydrogen-bond acceptors (Lipinski definition) is 12. The fourth-order valence-corrected chi connectivity index (χ4v) is 11.0. The van der Waals surface area contributed by atoms with E-state index in [2.05, 4.69) is 42.2 Å². The number of benzene rings is 3. The van der Waals surface area contributed by atoms with Crippen LogP contribution in [0.3, 0.4) is 0 Å². The van der Waals surface area contributed by atoms with Crippen LogP contribution in [0.15, 0.2) is 90.6 Å². The maximum atomic E-state index is 14.2. The number of hydrogen-bond donors (Lipinski definition) is 3. The SMILES string of the molecule is Cc1ncsc1-c1ccc([C@H](C)NC(=O)[C@@H]2C[C@@H](O)CN2C(=O)[C@@H](NC(=O)CCN2CCN(c3ccc(C#Cc4ccc(N5C(=S)N(c6ccc(C#N)c(C(F)(F)F)c6)C(=O)C5(C)C)cc4)cn3)CC2)C(C)(C)C)cc1. The Balaban J connectivity index is 0.809. The number of aryl methyl sites for hydroxylation is 1. The number of halogens is 3. The van der Waals surface area contributed by atoms with Gasteiger partial charge in [-0.25, -0.2) is 9.97 Å². The van der Waals surface area contributed by atoms with E-state index in [1.807, 2.05) is 76.5 Å². The Hall–Kier alpha value is -7.23. The molecule has 0 saturated carbocycles. The van der Waals surface area contributed by atoms with E-state index in [0.717, 1.165) is 44.5 Å². The van der Waals surface area contributed by atoms with Crippen molar-refractivity contribution in [1.29, 1.82) is 5.26 Å². The van der Waals surface area contributed by atoms with E-state index in [-0.39, 0.29) is 48.0 Å². The number of thiocarbonyl (C=S) groups is 1. The summed E-state index contributed by atoms with van der Waals surface area (Å²) in [5.74, 6) is 5.45. The molecule has 15 nitrogen and oxygen atoms in total. The minimum atomic E-state index is -4.81. The van der Waals surface area contributed by atoms with Gasteiger partial charge in [0.1, 0.15) is 23.4 Å². The van der Waals surface area contributed by atoms with Crippen molar-refractivity contribution in [2.24, 2.45) is 5.41 Å². The average molecular weight is 1070 g/mol. The fraction of sp³-hybridized carbons (Fsp3) is 0.393. The smallest absolute Gasteiger partial charge is 0.391 e. The molecule has 5 heterocycles. The Morgan fingerprint density at radius 3 is 2.18 bits per heavy atom. The lowest BCUT2D eigenvalue weighted by Crippen LogP contribution is -2.58. The van der Waals surface area contributed by atoms with Crippen LogP contribution in [0.4, 0.5) is 30.4 Å². The first kappa shape index (κ1) is 55.0. The van der Waals surface area contributed by atoms with Crippen LogP contribution >= 0.6 is 23.6 Å². The molecule has 0 spiro atoms. The van der Waals surface area contributed by atoms with Crippen molar-refractivity contribution in [3.63, 3.8) is 0 Å². The molecular formula is C56H59F3N10O5S2. The number of nitriles is 1. The van der Waals surface area contributed by atoms with Crippen molar-refractivity contribution in [1.82, 2.24) is 30.4 Å². The number of pyridine rings is 1. The van der Waals surface area contributed by atoms with Gasteiger partial charge < -0.3 is 30.4 Å². The molecule has 0 bridgehead atoms. The summed E-state index contributed by atoms with van der Waals surface area (Å²) in [6, 6.07) is 21.1. The van der Waals surface area contributed by atoms with Gasteiger partial charge >= 0.3 is 6.18 Å². The van der Waals surface area contributed by atoms with E-state index in [1.54, 1.807) is 66.6 Å². The van der Waals surface area contributed by atoms with E-state index in [4.69, 9.17) is 12.2 Å². The first-order valence-corrected chi connectivity index (χ1v) is 26.2. The lowest BCUT2D eigenvalue weighted by Gasteiger charge is -2.36. The Labute approximate surface area is 449 Å². The first-order valence-electron chi connectivity index (χ1n) is 24.9. The molecule has 4 atom stereocenters. The molecule has 3 fully saturated rings. The minimum Gasteiger partial charge on any atom is -0.391 e. The van der Waals surface area contributed by atoms with E-state index < -0.39 is 58.3 Å². The third kappa shape index (κ3) is 11.9. The first-order chi connectivity index (χ1) is 35.9. The van der Waals surface area contributed by atoms with Crippen LogP contribution < -0.4 is 25.3 Å². The molecule has 3 aliphatic heterocycles. The number of alkyl halides is 3. The quantitative estimate of drug-likeness (QED) is 0.0825. The molecule has 0 unspecified atom stereocenters. The largest absolute Gasteiger partial charge is 0.417 e. The third-order valence-corrected chi connectivity index (χ3v) is 15.3. The van der Waals surface area contributed by atoms with Crippen molar-refractivity contribution < 1.29 is 37.5 Å². The van der Waals surface area contributed by atoms with Gasteiger partial charge in [-0.05, 0) is 111 Å². The second-order valence-electron chi connectivity index (χ2n) is 20.8. The number of piperazine rings is 1. The summed E-state index contributed by atoms with van der Waals surface area (Å²) >= 11 is 7.23. The van der Waals surface area contributed by atoms with Crippen LogP contribution in [0.25, 0.3) is 10.4 Å². The Kier molecular flexibility index (Phi) is 16.0. The predicted molar refractivity (Wildman–Crippen MR) is 289 cm³/mol. The monoisotopic (exact) mass is 1070 g/mol. The average Bonchev–Trinajstić information content (AvgIpc) is 4.08. The molecule has 4 amide bonds. The number of aliphatic hydroxyl groups is 1. The number of rotatable bonds is 12. The second kappa shape index (κ2) is 22.2. The van der Waals surface area contributed by atoms with Gasteiger partial charge in [-0.2, -0.15) is 18.4 Å². The Bertz CT molecular complexity index is 3120. The zero-order valence-corrected chi connectivity index (χ0v) is 44.9. The molecule has 3 aliphatic rings. The molecule has 3 N–H and O–H groups in total. The summed E-state index contributed by atoms with van der Waals surface area (Å²) in [5, 5.41) is 26.0. The number of aromatic nitrogens is 2. The molecule has 396 valence electrons. The molecule has 76 heavy (non-hydrogen) atoms. The second-order valence-corrected chi connectivity index (χ2v) is 22.0. The Morgan fingerprint density at radius 1 is 0.921 bits per heavy atom. The number of carbonyl (C=O) groups excluding carboxylic acids is 4. The van der Waals surface area contributed by atoms with Crippen LogP contribution in [-0.2, 0) is 25.4 Å². The lowest BCUT2D eigenvalue weighted by atomic mass is 9.85. The normalized spacial score (nSPS) is 18.7. The lowest BCUT2D eigenvalue weighted by molar-refractivity contribution is -0.144. The standard InChI is InChI=1S/C56H59F3N10O5S2/c1-34(38-13-15-39(16-14-38)48-35(2)62-33-76-48)63-50(72)45-29-43(70)32-67(45)51(73)49(54(3,4)5)64-47(71)22-23-65-24-26-66(27-25-65)46-21-12-37(31-61-46)9-8-36-10-18-41(19-11-36)69-53(75)68(52(74)55(69,6)7)42-20-17-40(30-60)44(28-42)56(57,58)59/h10-21,28,31,33-34,43,45,49,70H,22-27,29,32H2,1-7H3,(H,63,72)(H,64,71)/t34-,43+,45-,49+/m0/s1. The van der Waals surface area contributed by atoms with E-state index in [9.17, 15) is 42.7 Å². The third-order valence-electron chi connectivity index (χ3n) is 14.0. The topological polar surface area (TPSA) is 178 Å². The van der Waals surface area contributed by atoms with Crippen molar-refractivity contribution in [3.05, 3.63) is 124 Å². The number of carbonyl (C=O) groups is 4. The maximum Gasteiger partial charge on any atom is 0.417 e. The number of nitrogens with zero attached hydrogens (tertiary/aromatic N) is 8. The van der Waals surface area contributed by atoms with Gasteiger partial charge in [0.25, 0.3) is 5.91 Å². The Morgan fingerprint density at radius 2 is 1.58 bits per heavy atom. The number of amides is 4. The summed E-state index contributed by atoms with van der Waals surface area (Å²) in [4.78, 5) is 73.6. The van der Waals surface area contributed by atoms with Crippen LogP contribution in [-0.4, -0.2) is 117 Å². The van der Waals surface area contributed by atoms with Gasteiger partial charge in [-0.15, -0.1) is 11.3 Å². The molecular weight excluding hydrogens is 1010 g/mol. The summed E-state index contributed by atoms with van der Waals surface area (Å²) in [6.45, 7) is 15.9. The number of anilines is 3. The van der Waals surface area contributed by atoms with Crippen LogP contribution in [0.2, 0.25) is 0 Å². The summed E-state index contributed by atoms with van der Waals surface area (Å²) in [5.41, 5.74) is 2.86. The van der Waals surface area contributed by atoms with Gasteiger partial charge in [0.2, 0.25) is 17.7 Å². The molecule has 2 aromatic heterocycles. The van der Waals surface area contributed by atoms with Crippen LogP contribution in [0, 0.1) is 35.5 Å². The number of likely N-dealkylation sites (tertiary alicyclic amines) is 1. The van der Waals surface area contributed by atoms with Crippen molar-refractivity contribution in [3.8, 4) is 28.4 Å². The maximum absolute atomic E-state index is 14.2. The molecule has 8 rings (SSSR count).